The van der Waals surface area contributed by atoms with Gasteiger partial charge in [0.05, 0.1) is 6.61 Å². The Balaban J connectivity index is 1.45. The number of ether oxygens (including phenoxy) is 2. The van der Waals surface area contributed by atoms with Crippen LogP contribution in [0.25, 0.3) is 10.9 Å². The van der Waals surface area contributed by atoms with E-state index in [1.54, 1.807) is 6.20 Å². The van der Waals surface area contributed by atoms with E-state index in [-0.39, 0.29) is 0 Å². The summed E-state index contributed by atoms with van der Waals surface area (Å²) in [5.41, 5.74) is 3.67. The molecule has 2 aromatic heterocycles. The van der Waals surface area contributed by atoms with Gasteiger partial charge in [-0.2, -0.15) is 0 Å². The molecule has 1 aliphatic rings. The van der Waals surface area contributed by atoms with Crippen LogP contribution in [0.4, 0.5) is 0 Å². The molecule has 5 heteroatoms. The summed E-state index contributed by atoms with van der Waals surface area (Å²) in [6.07, 6.45) is 5.08. The smallest absolute Gasteiger partial charge is 0.223 e. The van der Waals surface area contributed by atoms with E-state index in [1.165, 1.54) is 16.6 Å². The Hall–Kier alpha value is -3.31. The molecule has 4 aromatic rings. The lowest BCUT2D eigenvalue weighted by molar-refractivity contribution is 0.239. The van der Waals surface area contributed by atoms with Crippen LogP contribution in [0.5, 0.6) is 17.4 Å². The zero-order chi connectivity index (χ0) is 21.8. The van der Waals surface area contributed by atoms with Crippen LogP contribution in [-0.2, 0) is 20.1 Å². The van der Waals surface area contributed by atoms with Gasteiger partial charge in [0, 0.05) is 43.1 Å². The van der Waals surface area contributed by atoms with Gasteiger partial charge in [-0.05, 0) is 61.5 Å². The number of hydrogen-bond donors (Lipinski definition) is 0. The molecule has 0 amide bonds. The van der Waals surface area contributed by atoms with Gasteiger partial charge in [0.1, 0.15) is 0 Å². The lowest BCUT2D eigenvalue weighted by Gasteiger charge is -2.23. The summed E-state index contributed by atoms with van der Waals surface area (Å²) in [5, 5.41) is 1.29. The fourth-order valence-corrected chi connectivity index (χ4v) is 4.37. The minimum atomic E-state index is 0.643. The molecular weight excluding hydrogens is 398 g/mol. The van der Waals surface area contributed by atoms with Gasteiger partial charge in [0.15, 0.2) is 11.5 Å². The molecule has 0 saturated heterocycles. The van der Waals surface area contributed by atoms with Gasteiger partial charge in [0.25, 0.3) is 0 Å². The number of aromatic nitrogens is 2. The Morgan fingerprint density at radius 1 is 0.906 bits per heavy atom. The summed E-state index contributed by atoms with van der Waals surface area (Å²) in [4.78, 5) is 7.06. The molecule has 0 unspecified atom stereocenters. The highest BCUT2D eigenvalue weighted by atomic mass is 16.5. The summed E-state index contributed by atoms with van der Waals surface area (Å²) >= 11 is 0. The van der Waals surface area contributed by atoms with Gasteiger partial charge >= 0.3 is 0 Å². The van der Waals surface area contributed by atoms with Crippen molar-refractivity contribution in [1.82, 2.24) is 14.5 Å². The third kappa shape index (κ3) is 4.48. The molecule has 0 atom stereocenters. The first-order valence-corrected chi connectivity index (χ1v) is 11.4. The van der Waals surface area contributed by atoms with Crippen molar-refractivity contribution in [1.29, 1.82) is 0 Å². The number of nitrogens with zero attached hydrogens (tertiary/aromatic N) is 3. The van der Waals surface area contributed by atoms with Crippen LogP contribution in [0.1, 0.15) is 30.5 Å². The predicted octanol–water partition coefficient (Wildman–Crippen LogP) is 5.93. The zero-order valence-corrected chi connectivity index (χ0v) is 18.5. The van der Waals surface area contributed by atoms with Gasteiger partial charge < -0.3 is 14.0 Å². The van der Waals surface area contributed by atoms with E-state index in [1.807, 2.05) is 30.3 Å². The van der Waals surface area contributed by atoms with Gasteiger partial charge in [-0.25, -0.2) is 4.98 Å². The van der Waals surface area contributed by atoms with Crippen molar-refractivity contribution >= 4 is 10.9 Å². The second kappa shape index (κ2) is 9.45. The summed E-state index contributed by atoms with van der Waals surface area (Å²) in [7, 11) is 2.16. The van der Waals surface area contributed by atoms with Crippen molar-refractivity contribution in [3.63, 3.8) is 0 Å². The van der Waals surface area contributed by atoms with E-state index >= 15 is 0 Å². The number of hydrogen-bond acceptors (Lipinski definition) is 4. The summed E-state index contributed by atoms with van der Waals surface area (Å²) in [5.74, 6) is 2.13. The highest BCUT2D eigenvalue weighted by molar-refractivity contribution is 5.81. The first kappa shape index (κ1) is 20.6. The number of aryl methyl sites for hydroxylation is 1. The molecule has 0 saturated carbocycles. The van der Waals surface area contributed by atoms with Gasteiger partial charge in [-0.3, -0.25) is 4.90 Å². The number of benzene rings is 2. The zero-order valence-electron chi connectivity index (χ0n) is 18.5. The van der Waals surface area contributed by atoms with Crippen LogP contribution in [-0.4, -0.2) is 27.6 Å². The molecule has 5 nitrogen and oxygen atoms in total. The molecule has 5 rings (SSSR count). The minimum absolute atomic E-state index is 0.643. The summed E-state index contributed by atoms with van der Waals surface area (Å²) in [6, 6.07) is 22.8. The average Bonchev–Trinajstić information content (AvgIpc) is 3.13. The van der Waals surface area contributed by atoms with Crippen LogP contribution >= 0.6 is 0 Å². The molecule has 0 fully saturated rings. The van der Waals surface area contributed by atoms with Crippen molar-refractivity contribution in [2.24, 2.45) is 7.05 Å². The van der Waals surface area contributed by atoms with Crippen LogP contribution in [0.15, 0.2) is 72.9 Å². The standard InChI is InChI=1S/C27H29N3O2/c1-29-23(18-21-10-3-4-12-24(21)29)20-30-16-7-2-8-17-31-25-13-5-6-14-26(25)32-27-22(19-30)11-9-15-28-27/h3-6,9-15,18H,2,7-8,16-17,19-20H2,1H3. The second-order valence-corrected chi connectivity index (χ2v) is 8.39. The quantitative estimate of drug-likeness (QED) is 0.397. The lowest BCUT2D eigenvalue weighted by Crippen LogP contribution is -2.25. The molecule has 3 heterocycles. The van der Waals surface area contributed by atoms with E-state index in [2.05, 4.69) is 57.9 Å². The van der Waals surface area contributed by atoms with Crippen molar-refractivity contribution < 1.29 is 9.47 Å². The van der Waals surface area contributed by atoms with Crippen LogP contribution in [0.2, 0.25) is 0 Å². The Morgan fingerprint density at radius 3 is 2.66 bits per heavy atom. The monoisotopic (exact) mass is 427 g/mol. The third-order valence-corrected chi connectivity index (χ3v) is 6.11. The fraction of sp³-hybridized carbons (Fsp3) is 0.296. The highest BCUT2D eigenvalue weighted by Gasteiger charge is 2.16. The van der Waals surface area contributed by atoms with Crippen LogP contribution in [0, 0.1) is 0 Å². The maximum atomic E-state index is 6.26. The SMILES string of the molecule is Cn1c(CN2CCCCCOc3ccccc3Oc3ncccc3C2)cc2ccccc21. The molecule has 0 spiro atoms. The first-order valence-electron chi connectivity index (χ1n) is 11.4. The first-order chi connectivity index (χ1) is 15.8. The third-order valence-electron chi connectivity index (χ3n) is 6.11. The fourth-order valence-electron chi connectivity index (χ4n) is 4.37. The predicted molar refractivity (Wildman–Crippen MR) is 127 cm³/mol. The van der Waals surface area contributed by atoms with Crippen molar-refractivity contribution in [3.05, 3.63) is 84.2 Å². The van der Waals surface area contributed by atoms with Crippen LogP contribution in [0.3, 0.4) is 0 Å². The molecule has 0 N–H and O–H groups in total. The van der Waals surface area contributed by atoms with Crippen molar-refractivity contribution in [2.75, 3.05) is 13.2 Å². The van der Waals surface area contributed by atoms with Crippen LogP contribution < -0.4 is 9.47 Å². The molecule has 0 bridgehead atoms. The molecule has 0 radical (unpaired) electrons. The molecule has 1 aliphatic heterocycles. The van der Waals surface area contributed by atoms with E-state index in [0.29, 0.717) is 18.2 Å². The Morgan fingerprint density at radius 2 is 1.75 bits per heavy atom. The van der Waals surface area contributed by atoms with Crippen molar-refractivity contribution in [3.8, 4) is 17.4 Å². The van der Waals surface area contributed by atoms with Gasteiger partial charge in [-0.15, -0.1) is 0 Å². The maximum Gasteiger partial charge on any atom is 0.223 e. The largest absolute Gasteiger partial charge is 0.490 e. The second-order valence-electron chi connectivity index (χ2n) is 8.39. The van der Waals surface area contributed by atoms with Gasteiger partial charge in [0.2, 0.25) is 5.88 Å². The average molecular weight is 428 g/mol. The van der Waals surface area contributed by atoms with E-state index < -0.39 is 0 Å². The lowest BCUT2D eigenvalue weighted by atomic mass is 10.2. The Labute approximate surface area is 189 Å². The van der Waals surface area contributed by atoms with E-state index in [4.69, 9.17) is 9.47 Å². The van der Waals surface area contributed by atoms with Crippen molar-refractivity contribution in [2.45, 2.75) is 32.4 Å². The summed E-state index contributed by atoms with van der Waals surface area (Å²) in [6.45, 7) is 3.38. The molecule has 164 valence electrons. The topological polar surface area (TPSA) is 39.5 Å². The molecule has 0 aliphatic carbocycles. The number of rotatable bonds is 2. The molecule has 2 aromatic carbocycles. The Kier molecular flexibility index (Phi) is 6.08. The number of para-hydroxylation sites is 3. The highest BCUT2D eigenvalue weighted by Crippen LogP contribution is 2.33. The maximum absolute atomic E-state index is 6.26. The van der Waals surface area contributed by atoms with Gasteiger partial charge in [-0.1, -0.05) is 36.4 Å². The number of pyridine rings is 1. The Bertz CT molecular complexity index is 1200. The number of fused-ring (bicyclic) bond motifs is 3. The van der Waals surface area contributed by atoms with E-state index in [0.717, 1.165) is 50.2 Å². The molecule has 32 heavy (non-hydrogen) atoms. The molecular formula is C27H29N3O2. The summed E-state index contributed by atoms with van der Waals surface area (Å²) < 4.78 is 14.6. The van der Waals surface area contributed by atoms with E-state index in [9.17, 15) is 0 Å². The minimum Gasteiger partial charge on any atom is -0.490 e. The normalized spacial score (nSPS) is 15.4.